The fourth-order valence-electron chi connectivity index (χ4n) is 2.99. The van der Waals surface area contributed by atoms with Gasteiger partial charge >= 0.3 is 5.97 Å². The summed E-state index contributed by atoms with van der Waals surface area (Å²) < 4.78 is 0. The number of aliphatic carboxylic acids is 1. The largest absolute Gasteiger partial charge is 0.481 e. The first-order chi connectivity index (χ1) is 10.2. The van der Waals surface area contributed by atoms with Crippen LogP contribution in [0.15, 0.2) is 0 Å². The lowest BCUT2D eigenvalue weighted by atomic mass is 10.0. The van der Waals surface area contributed by atoms with Crippen molar-refractivity contribution in [3.8, 4) is 0 Å². The minimum absolute atomic E-state index is 0.0668. The zero-order valence-electron chi connectivity index (χ0n) is 13.3. The average Bonchev–Trinajstić information content (AvgIpc) is 3.05. The first kappa shape index (κ1) is 17.1. The summed E-state index contributed by atoms with van der Waals surface area (Å²) in [6.45, 7) is 5.73. The molecule has 2 fully saturated rings. The summed E-state index contributed by atoms with van der Waals surface area (Å²) in [6, 6.07) is -0.444. The number of carboxylic acid groups (broad SMARTS) is 1. The van der Waals surface area contributed by atoms with Gasteiger partial charge in [0.05, 0.1) is 11.8 Å². The van der Waals surface area contributed by atoms with Gasteiger partial charge in [-0.15, -0.1) is 11.8 Å². The van der Waals surface area contributed by atoms with E-state index in [2.05, 4.69) is 5.32 Å². The Hall–Kier alpha value is -1.24. The van der Waals surface area contributed by atoms with Gasteiger partial charge in [-0.3, -0.25) is 14.4 Å². The first-order valence-corrected chi connectivity index (χ1v) is 8.77. The van der Waals surface area contributed by atoms with Crippen LogP contribution in [0, 0.1) is 11.8 Å². The minimum atomic E-state index is -0.826. The molecule has 1 heterocycles. The number of amides is 2. The van der Waals surface area contributed by atoms with Crippen LogP contribution in [0.2, 0.25) is 0 Å². The molecule has 2 rings (SSSR count). The van der Waals surface area contributed by atoms with E-state index < -0.39 is 17.9 Å². The van der Waals surface area contributed by atoms with E-state index in [0.717, 1.165) is 0 Å². The Kier molecular flexibility index (Phi) is 5.04. The van der Waals surface area contributed by atoms with Crippen LogP contribution in [0.1, 0.15) is 40.0 Å². The van der Waals surface area contributed by atoms with Crippen LogP contribution in [-0.2, 0) is 14.4 Å². The van der Waals surface area contributed by atoms with Crippen LogP contribution in [0.4, 0.5) is 0 Å². The van der Waals surface area contributed by atoms with Crippen LogP contribution in [-0.4, -0.2) is 51.0 Å². The topological polar surface area (TPSA) is 86.7 Å². The average molecular weight is 328 g/mol. The van der Waals surface area contributed by atoms with E-state index in [1.54, 1.807) is 16.7 Å². The maximum absolute atomic E-state index is 12.6. The lowest BCUT2D eigenvalue weighted by Crippen LogP contribution is -2.53. The molecule has 0 bridgehead atoms. The number of hydrogen-bond acceptors (Lipinski definition) is 4. The molecule has 1 aliphatic heterocycles. The smallest absolute Gasteiger partial charge is 0.306 e. The molecule has 0 aromatic carbocycles. The lowest BCUT2D eigenvalue weighted by Gasteiger charge is -2.29. The van der Waals surface area contributed by atoms with Gasteiger partial charge in [-0.05, 0) is 40.0 Å². The second kappa shape index (κ2) is 6.48. The van der Waals surface area contributed by atoms with E-state index in [4.69, 9.17) is 5.11 Å². The minimum Gasteiger partial charge on any atom is -0.481 e. The maximum atomic E-state index is 12.6. The molecule has 22 heavy (non-hydrogen) atoms. The molecule has 124 valence electrons. The van der Waals surface area contributed by atoms with Gasteiger partial charge in [0.25, 0.3) is 0 Å². The van der Waals surface area contributed by atoms with Gasteiger partial charge in [-0.2, -0.15) is 0 Å². The summed E-state index contributed by atoms with van der Waals surface area (Å²) in [6.07, 6.45) is 1.54. The van der Waals surface area contributed by atoms with E-state index in [-0.39, 0.29) is 23.3 Å². The first-order valence-electron chi connectivity index (χ1n) is 7.62. The van der Waals surface area contributed by atoms with Gasteiger partial charge in [-0.25, -0.2) is 0 Å². The van der Waals surface area contributed by atoms with Gasteiger partial charge in [0.1, 0.15) is 6.04 Å². The van der Waals surface area contributed by atoms with Crippen LogP contribution >= 0.6 is 11.8 Å². The van der Waals surface area contributed by atoms with Crippen LogP contribution in [0.5, 0.6) is 0 Å². The number of carbonyl (C=O) groups excluding carboxylic acids is 2. The van der Waals surface area contributed by atoms with Gasteiger partial charge < -0.3 is 15.3 Å². The molecule has 6 nitrogen and oxygen atoms in total. The number of nitrogens with zero attached hydrogens (tertiary/aromatic N) is 1. The van der Waals surface area contributed by atoms with E-state index in [1.165, 1.54) is 0 Å². The Bertz CT molecular complexity index is 475. The Balaban J connectivity index is 2.00. The van der Waals surface area contributed by atoms with Gasteiger partial charge in [0, 0.05) is 17.2 Å². The summed E-state index contributed by atoms with van der Waals surface area (Å²) in [4.78, 5) is 37.6. The van der Waals surface area contributed by atoms with Gasteiger partial charge in [-0.1, -0.05) is 0 Å². The molecule has 0 aromatic rings. The zero-order valence-corrected chi connectivity index (χ0v) is 14.1. The molecule has 0 radical (unpaired) electrons. The number of hydrogen-bond donors (Lipinski definition) is 2. The van der Waals surface area contributed by atoms with Crippen LogP contribution in [0.25, 0.3) is 0 Å². The summed E-state index contributed by atoms with van der Waals surface area (Å²) in [5, 5.41) is 12.0. The van der Waals surface area contributed by atoms with Crippen molar-refractivity contribution in [3.63, 3.8) is 0 Å². The third kappa shape index (κ3) is 3.94. The van der Waals surface area contributed by atoms with E-state index in [0.29, 0.717) is 30.9 Å². The monoisotopic (exact) mass is 328 g/mol. The van der Waals surface area contributed by atoms with Crippen molar-refractivity contribution < 1.29 is 19.5 Å². The highest BCUT2D eigenvalue weighted by Crippen LogP contribution is 2.34. The highest BCUT2D eigenvalue weighted by molar-refractivity contribution is 7.99. The lowest BCUT2D eigenvalue weighted by molar-refractivity contribution is -0.143. The SMILES string of the molecule is CC(C)(C)NC(=O)C1CSCN1C(=O)[C@@H]1CC[C@H](C(=O)O)C1. The highest BCUT2D eigenvalue weighted by atomic mass is 32.2. The van der Waals surface area contributed by atoms with Crippen LogP contribution < -0.4 is 5.32 Å². The molecule has 3 atom stereocenters. The van der Waals surface area contributed by atoms with Crippen molar-refractivity contribution in [1.82, 2.24) is 10.2 Å². The van der Waals surface area contributed by atoms with E-state index >= 15 is 0 Å². The molecule has 1 saturated carbocycles. The molecule has 1 aliphatic carbocycles. The Morgan fingerprint density at radius 2 is 1.82 bits per heavy atom. The van der Waals surface area contributed by atoms with Crippen molar-refractivity contribution in [2.24, 2.45) is 11.8 Å². The Morgan fingerprint density at radius 3 is 2.36 bits per heavy atom. The fourth-order valence-corrected chi connectivity index (χ4v) is 4.16. The van der Waals surface area contributed by atoms with Gasteiger partial charge in [0.2, 0.25) is 11.8 Å². The predicted octanol–water partition coefficient (Wildman–Crippen LogP) is 1.30. The van der Waals surface area contributed by atoms with Crippen molar-refractivity contribution >= 4 is 29.5 Å². The molecule has 2 amide bonds. The molecule has 1 unspecified atom stereocenters. The number of thioether (sulfide) groups is 1. The highest BCUT2D eigenvalue weighted by Gasteiger charge is 2.41. The molecular weight excluding hydrogens is 304 g/mol. The molecule has 0 spiro atoms. The van der Waals surface area contributed by atoms with E-state index in [9.17, 15) is 14.4 Å². The molecule has 0 aromatic heterocycles. The third-order valence-corrected chi connectivity index (χ3v) is 5.11. The molecule has 2 aliphatic rings. The summed E-state index contributed by atoms with van der Waals surface area (Å²) in [7, 11) is 0. The normalized spacial score (nSPS) is 28.7. The third-order valence-electron chi connectivity index (χ3n) is 4.10. The van der Waals surface area contributed by atoms with Crippen molar-refractivity contribution in [2.75, 3.05) is 11.6 Å². The van der Waals surface area contributed by atoms with Gasteiger partial charge in [0.15, 0.2) is 0 Å². The van der Waals surface area contributed by atoms with Crippen molar-refractivity contribution in [3.05, 3.63) is 0 Å². The molecule has 1 saturated heterocycles. The number of rotatable bonds is 3. The number of nitrogens with one attached hydrogen (secondary N) is 1. The molecular formula is C15H24N2O4S. The summed E-state index contributed by atoms with van der Waals surface area (Å²) in [5.74, 6) is -0.594. The van der Waals surface area contributed by atoms with Crippen molar-refractivity contribution in [1.29, 1.82) is 0 Å². The zero-order chi connectivity index (χ0) is 16.5. The Morgan fingerprint density at radius 1 is 1.18 bits per heavy atom. The fraction of sp³-hybridized carbons (Fsp3) is 0.800. The molecule has 7 heteroatoms. The summed E-state index contributed by atoms with van der Waals surface area (Å²) >= 11 is 1.57. The number of carbonyl (C=O) groups is 3. The quantitative estimate of drug-likeness (QED) is 0.815. The second-order valence-electron chi connectivity index (χ2n) is 7.11. The van der Waals surface area contributed by atoms with Crippen molar-refractivity contribution in [2.45, 2.75) is 51.6 Å². The number of carboxylic acids is 1. The Labute approximate surface area is 135 Å². The predicted molar refractivity (Wildman–Crippen MR) is 84.3 cm³/mol. The maximum Gasteiger partial charge on any atom is 0.306 e. The molecule has 2 N–H and O–H groups in total. The summed E-state index contributed by atoms with van der Waals surface area (Å²) in [5.41, 5.74) is -0.333. The van der Waals surface area contributed by atoms with E-state index in [1.807, 2.05) is 20.8 Å². The standard InChI is InChI=1S/C15H24N2O4S/c1-15(2,3)16-12(18)11-7-22-8-17(11)13(19)9-4-5-10(6-9)14(20)21/h9-11H,4-8H2,1-3H3,(H,16,18)(H,20,21)/t9-,10+,11?/m1/s1. The second-order valence-corrected chi connectivity index (χ2v) is 8.11. The van der Waals surface area contributed by atoms with Crippen LogP contribution in [0.3, 0.4) is 0 Å².